The summed E-state index contributed by atoms with van der Waals surface area (Å²) in [5, 5.41) is 6.68. The number of nitrogens with one attached hydrogen (secondary N) is 2. The molecular weight excluding hydrogens is 344 g/mol. The third kappa shape index (κ3) is 3.27. The number of fused-ring (bicyclic) bond motifs is 1. The van der Waals surface area contributed by atoms with Crippen molar-refractivity contribution in [3.05, 3.63) is 45.9 Å². The normalized spacial score (nSPS) is 15.6. The molecule has 0 spiro atoms. The molecule has 0 atom stereocenters. The van der Waals surface area contributed by atoms with Crippen molar-refractivity contribution in [2.75, 3.05) is 13.1 Å². The van der Waals surface area contributed by atoms with Gasteiger partial charge in [0.15, 0.2) is 0 Å². The summed E-state index contributed by atoms with van der Waals surface area (Å²) in [6, 6.07) is 5.68. The maximum atomic E-state index is 13.0. The van der Waals surface area contributed by atoms with Crippen LogP contribution < -0.4 is 5.69 Å². The maximum absolute atomic E-state index is 13.0. The average Bonchev–Trinajstić information content (AvgIpc) is 3.22. The number of hydrogen-bond donors (Lipinski definition) is 2. The van der Waals surface area contributed by atoms with Crippen molar-refractivity contribution in [3.8, 4) is 0 Å². The van der Waals surface area contributed by atoms with E-state index >= 15 is 0 Å². The minimum absolute atomic E-state index is 0.0378. The van der Waals surface area contributed by atoms with Crippen molar-refractivity contribution in [3.63, 3.8) is 0 Å². The number of likely N-dealkylation sites (tertiary alicyclic amines) is 1. The maximum Gasteiger partial charge on any atom is 0.343 e. The topological polar surface area (TPSA) is 99.7 Å². The molecule has 1 fully saturated rings. The Kier molecular flexibility index (Phi) is 4.55. The fourth-order valence-electron chi connectivity index (χ4n) is 3.93. The molecule has 1 aliphatic rings. The predicted octanol–water partition coefficient (Wildman–Crippen LogP) is 1.87. The van der Waals surface area contributed by atoms with Gasteiger partial charge in [0.1, 0.15) is 17.2 Å². The molecule has 0 bridgehead atoms. The minimum atomic E-state index is -0.150. The largest absolute Gasteiger partial charge is 0.343 e. The van der Waals surface area contributed by atoms with Gasteiger partial charge in [-0.15, -0.1) is 0 Å². The van der Waals surface area contributed by atoms with Crippen LogP contribution in [0, 0.1) is 12.8 Å². The number of rotatable bonds is 4. The van der Waals surface area contributed by atoms with E-state index in [-0.39, 0.29) is 11.6 Å². The highest BCUT2D eigenvalue weighted by molar-refractivity contribution is 6.04. The molecule has 0 radical (unpaired) electrons. The Labute approximate surface area is 156 Å². The molecular formula is C19H24N6O2. The summed E-state index contributed by atoms with van der Waals surface area (Å²) >= 11 is 0. The number of aryl methyl sites for hydroxylation is 1. The summed E-state index contributed by atoms with van der Waals surface area (Å²) < 4.78 is 1.68. The standard InChI is InChI=1S/C19H24N6O2/c1-3-25-16(22-23-19(25)27)11-13-7-9-24(10-8-13)18(26)14-5-4-6-15-17(14)21-12(2)20-15/h4-6,13H,3,7-11H2,1-2H3,(H,20,21)(H,23,27). The van der Waals surface area contributed by atoms with E-state index in [9.17, 15) is 9.59 Å². The average molecular weight is 368 g/mol. The lowest BCUT2D eigenvalue weighted by atomic mass is 9.92. The van der Waals surface area contributed by atoms with Crippen molar-refractivity contribution in [1.82, 2.24) is 29.6 Å². The number of nitrogens with zero attached hydrogens (tertiary/aromatic N) is 4. The molecule has 2 N–H and O–H groups in total. The van der Waals surface area contributed by atoms with Gasteiger partial charge in [-0.2, -0.15) is 5.10 Å². The molecule has 3 aromatic rings. The summed E-state index contributed by atoms with van der Waals surface area (Å²) in [5.74, 6) is 2.09. The highest BCUT2D eigenvalue weighted by Gasteiger charge is 2.26. The Balaban J connectivity index is 1.44. The lowest BCUT2D eigenvalue weighted by molar-refractivity contribution is 0.0691. The van der Waals surface area contributed by atoms with Crippen LogP contribution >= 0.6 is 0 Å². The Morgan fingerprint density at radius 2 is 2.07 bits per heavy atom. The van der Waals surface area contributed by atoms with Gasteiger partial charge in [0.25, 0.3) is 5.91 Å². The van der Waals surface area contributed by atoms with Gasteiger partial charge in [-0.05, 0) is 44.7 Å². The molecule has 4 rings (SSSR count). The lowest BCUT2D eigenvalue weighted by Gasteiger charge is -2.32. The molecule has 1 amide bonds. The Hall–Kier alpha value is -2.90. The molecule has 0 aliphatic carbocycles. The van der Waals surface area contributed by atoms with Crippen molar-refractivity contribution >= 4 is 16.9 Å². The first-order valence-electron chi connectivity index (χ1n) is 9.45. The third-order valence-corrected chi connectivity index (χ3v) is 5.39. The summed E-state index contributed by atoms with van der Waals surface area (Å²) in [6.45, 7) is 5.88. The number of carbonyl (C=O) groups excluding carboxylic acids is 1. The molecule has 3 heterocycles. The molecule has 8 nitrogen and oxygen atoms in total. The summed E-state index contributed by atoms with van der Waals surface area (Å²) in [5.41, 5.74) is 2.14. The number of piperidine rings is 1. The third-order valence-electron chi connectivity index (χ3n) is 5.39. The van der Waals surface area contributed by atoms with Crippen molar-refractivity contribution in [2.24, 2.45) is 5.92 Å². The zero-order valence-electron chi connectivity index (χ0n) is 15.7. The zero-order valence-corrected chi connectivity index (χ0v) is 15.7. The monoisotopic (exact) mass is 368 g/mol. The predicted molar refractivity (Wildman–Crippen MR) is 102 cm³/mol. The number of hydrogen-bond acceptors (Lipinski definition) is 4. The molecule has 142 valence electrons. The first-order chi connectivity index (χ1) is 13.1. The van der Waals surface area contributed by atoms with Gasteiger partial charge in [-0.1, -0.05) is 6.07 Å². The van der Waals surface area contributed by atoms with E-state index < -0.39 is 0 Å². The Morgan fingerprint density at radius 3 is 2.81 bits per heavy atom. The van der Waals surface area contributed by atoms with Gasteiger partial charge < -0.3 is 9.88 Å². The van der Waals surface area contributed by atoms with Crippen LogP contribution in [0.5, 0.6) is 0 Å². The van der Waals surface area contributed by atoms with Crippen LogP contribution in [0.15, 0.2) is 23.0 Å². The van der Waals surface area contributed by atoms with E-state index in [4.69, 9.17) is 0 Å². The first kappa shape index (κ1) is 17.5. The molecule has 0 saturated carbocycles. The number of carbonyl (C=O) groups is 1. The lowest BCUT2D eigenvalue weighted by Crippen LogP contribution is -2.39. The highest BCUT2D eigenvalue weighted by atomic mass is 16.2. The van der Waals surface area contributed by atoms with Gasteiger partial charge in [0.05, 0.1) is 11.1 Å². The number of imidazole rings is 1. The summed E-state index contributed by atoms with van der Waals surface area (Å²) in [7, 11) is 0. The molecule has 2 aromatic heterocycles. The second-order valence-electron chi connectivity index (χ2n) is 7.15. The molecule has 27 heavy (non-hydrogen) atoms. The van der Waals surface area contributed by atoms with E-state index in [2.05, 4.69) is 20.2 Å². The van der Waals surface area contributed by atoms with Crippen LogP contribution in [0.25, 0.3) is 11.0 Å². The molecule has 1 aliphatic heterocycles. The SMILES string of the molecule is CCn1c(CC2CCN(C(=O)c3cccc4[nH]c(C)nc34)CC2)n[nH]c1=O. The molecule has 1 aromatic carbocycles. The number of benzene rings is 1. The van der Waals surface area contributed by atoms with Gasteiger partial charge in [0.2, 0.25) is 0 Å². The van der Waals surface area contributed by atoms with Crippen molar-refractivity contribution in [2.45, 2.75) is 39.7 Å². The van der Waals surface area contributed by atoms with Crippen LogP contribution in [-0.4, -0.2) is 48.6 Å². The van der Waals surface area contributed by atoms with E-state index in [1.807, 2.05) is 36.9 Å². The number of H-pyrrole nitrogens is 2. The Morgan fingerprint density at radius 1 is 1.30 bits per heavy atom. The van der Waals surface area contributed by atoms with E-state index in [1.54, 1.807) is 4.57 Å². The van der Waals surface area contributed by atoms with Crippen LogP contribution in [0.1, 0.15) is 41.8 Å². The number of para-hydroxylation sites is 1. The van der Waals surface area contributed by atoms with Gasteiger partial charge in [-0.25, -0.2) is 14.9 Å². The zero-order chi connectivity index (χ0) is 19.0. The molecule has 0 unspecified atom stereocenters. The van der Waals surface area contributed by atoms with Crippen LogP contribution in [0.3, 0.4) is 0 Å². The van der Waals surface area contributed by atoms with E-state index in [1.165, 1.54) is 0 Å². The molecule has 1 saturated heterocycles. The molecule has 8 heteroatoms. The smallest absolute Gasteiger partial charge is 0.342 e. The van der Waals surface area contributed by atoms with Crippen molar-refractivity contribution < 1.29 is 4.79 Å². The van der Waals surface area contributed by atoms with Gasteiger partial charge in [0, 0.05) is 26.1 Å². The first-order valence-corrected chi connectivity index (χ1v) is 9.45. The van der Waals surface area contributed by atoms with Crippen LogP contribution in [0.4, 0.5) is 0 Å². The second kappa shape index (κ2) is 7.02. The number of aromatic nitrogens is 5. The van der Waals surface area contributed by atoms with E-state index in [0.29, 0.717) is 31.1 Å². The number of amides is 1. The van der Waals surface area contributed by atoms with Gasteiger partial charge >= 0.3 is 5.69 Å². The quantitative estimate of drug-likeness (QED) is 0.734. The van der Waals surface area contributed by atoms with Crippen LogP contribution in [0.2, 0.25) is 0 Å². The van der Waals surface area contributed by atoms with Crippen LogP contribution in [-0.2, 0) is 13.0 Å². The fourth-order valence-corrected chi connectivity index (χ4v) is 3.93. The Bertz CT molecular complexity index is 1020. The number of aromatic amines is 2. The minimum Gasteiger partial charge on any atom is -0.342 e. The highest BCUT2D eigenvalue weighted by Crippen LogP contribution is 2.24. The fraction of sp³-hybridized carbons (Fsp3) is 0.474. The summed E-state index contributed by atoms with van der Waals surface area (Å²) in [6.07, 6.45) is 2.58. The summed E-state index contributed by atoms with van der Waals surface area (Å²) in [4.78, 5) is 34.3. The van der Waals surface area contributed by atoms with Crippen molar-refractivity contribution in [1.29, 1.82) is 0 Å². The second-order valence-corrected chi connectivity index (χ2v) is 7.15. The van der Waals surface area contributed by atoms with E-state index in [0.717, 1.165) is 41.9 Å². The van der Waals surface area contributed by atoms with Gasteiger partial charge in [-0.3, -0.25) is 9.36 Å².